The number of aromatic hydroxyl groups is 1. The zero-order chi connectivity index (χ0) is 18.9. The number of nitrogens with one attached hydrogen (secondary N) is 2. The number of benzene rings is 2. The minimum Gasteiger partial charge on any atom is -0.508 e. The fourth-order valence-electron chi connectivity index (χ4n) is 2.26. The molecule has 2 amide bonds. The number of anilines is 1. The summed E-state index contributed by atoms with van der Waals surface area (Å²) in [4.78, 5) is 35.1. The summed E-state index contributed by atoms with van der Waals surface area (Å²) in [7, 11) is 1.24. The second kappa shape index (κ2) is 9.22. The van der Waals surface area contributed by atoms with E-state index < -0.39 is 11.9 Å². The summed E-state index contributed by atoms with van der Waals surface area (Å²) in [6, 6.07) is 13.2. The van der Waals surface area contributed by atoms with E-state index in [9.17, 15) is 19.5 Å². The predicted molar refractivity (Wildman–Crippen MR) is 95.8 cm³/mol. The molecule has 0 radical (unpaired) electrons. The standard InChI is InChI=1S/C19H20N2O5/c1-26-18(24)12-20-19(25)14-6-4-7-15(11-14)21-17(23)10-9-13-5-2-3-8-16(13)22/h2-8,11,22H,9-10,12H2,1H3,(H,20,25)(H,21,23). The van der Waals surface area contributed by atoms with Gasteiger partial charge in [0.1, 0.15) is 12.3 Å². The van der Waals surface area contributed by atoms with Crippen LogP contribution in [-0.4, -0.2) is 36.5 Å². The van der Waals surface area contributed by atoms with Gasteiger partial charge in [0.2, 0.25) is 5.91 Å². The minimum atomic E-state index is -0.549. The number of carbonyl (C=O) groups excluding carboxylic acids is 3. The molecule has 3 N–H and O–H groups in total. The highest BCUT2D eigenvalue weighted by Crippen LogP contribution is 2.18. The van der Waals surface area contributed by atoms with Gasteiger partial charge in [-0.2, -0.15) is 0 Å². The highest BCUT2D eigenvalue weighted by Gasteiger charge is 2.10. The predicted octanol–water partition coefficient (Wildman–Crippen LogP) is 1.87. The van der Waals surface area contributed by atoms with Gasteiger partial charge >= 0.3 is 5.97 Å². The maximum atomic E-state index is 12.1. The first-order chi connectivity index (χ1) is 12.5. The van der Waals surface area contributed by atoms with E-state index in [1.807, 2.05) is 0 Å². The number of phenolic OH excluding ortho intramolecular Hbond substituents is 1. The van der Waals surface area contributed by atoms with Gasteiger partial charge in [0.25, 0.3) is 5.91 Å². The monoisotopic (exact) mass is 356 g/mol. The van der Waals surface area contributed by atoms with Gasteiger partial charge in [-0.15, -0.1) is 0 Å². The molecule has 0 saturated carbocycles. The molecule has 7 nitrogen and oxygen atoms in total. The third-order valence-corrected chi connectivity index (χ3v) is 3.64. The number of amides is 2. The second-order valence-corrected chi connectivity index (χ2v) is 5.52. The molecule has 136 valence electrons. The summed E-state index contributed by atoms with van der Waals surface area (Å²) < 4.78 is 4.46. The Morgan fingerprint density at radius 3 is 2.58 bits per heavy atom. The number of ether oxygens (including phenoxy) is 1. The van der Waals surface area contributed by atoms with Crippen molar-refractivity contribution >= 4 is 23.5 Å². The number of phenols is 1. The number of rotatable bonds is 7. The van der Waals surface area contributed by atoms with Crippen LogP contribution in [0, 0.1) is 0 Å². The molecule has 0 atom stereocenters. The molecule has 0 aromatic heterocycles. The first kappa shape index (κ1) is 19.0. The smallest absolute Gasteiger partial charge is 0.325 e. The minimum absolute atomic E-state index is 0.157. The SMILES string of the molecule is COC(=O)CNC(=O)c1cccc(NC(=O)CCc2ccccc2O)c1. The van der Waals surface area contributed by atoms with E-state index >= 15 is 0 Å². The average Bonchev–Trinajstić information content (AvgIpc) is 2.65. The van der Waals surface area contributed by atoms with Crippen molar-refractivity contribution < 1.29 is 24.2 Å². The van der Waals surface area contributed by atoms with Crippen LogP contribution in [0.5, 0.6) is 5.75 Å². The summed E-state index contributed by atoms with van der Waals surface area (Å²) in [5, 5.41) is 14.8. The van der Waals surface area contributed by atoms with Crippen molar-refractivity contribution in [2.24, 2.45) is 0 Å². The van der Waals surface area contributed by atoms with Crippen LogP contribution in [0.1, 0.15) is 22.3 Å². The summed E-state index contributed by atoms with van der Waals surface area (Å²) in [6.07, 6.45) is 0.591. The lowest BCUT2D eigenvalue weighted by atomic mass is 10.1. The average molecular weight is 356 g/mol. The number of carbonyl (C=O) groups is 3. The van der Waals surface area contributed by atoms with Gasteiger partial charge in [-0.3, -0.25) is 14.4 Å². The molecule has 26 heavy (non-hydrogen) atoms. The number of para-hydroxylation sites is 1. The third-order valence-electron chi connectivity index (χ3n) is 3.64. The van der Waals surface area contributed by atoms with Crippen LogP contribution >= 0.6 is 0 Å². The van der Waals surface area contributed by atoms with E-state index in [1.54, 1.807) is 42.5 Å². The maximum Gasteiger partial charge on any atom is 0.325 e. The Bertz CT molecular complexity index is 804. The van der Waals surface area contributed by atoms with Crippen LogP contribution < -0.4 is 10.6 Å². The molecule has 2 aromatic rings. The van der Waals surface area contributed by atoms with E-state index in [4.69, 9.17) is 0 Å². The van der Waals surface area contributed by atoms with E-state index in [1.165, 1.54) is 13.2 Å². The molecular weight excluding hydrogens is 336 g/mol. The van der Waals surface area contributed by atoms with Crippen molar-refractivity contribution in [1.82, 2.24) is 5.32 Å². The summed E-state index contributed by atoms with van der Waals surface area (Å²) in [6.45, 7) is -0.230. The van der Waals surface area contributed by atoms with Gasteiger partial charge in [0.15, 0.2) is 0 Å². The van der Waals surface area contributed by atoms with Crippen LogP contribution in [0.25, 0.3) is 0 Å². The zero-order valence-corrected chi connectivity index (χ0v) is 14.3. The Hall–Kier alpha value is -3.35. The molecule has 2 aromatic carbocycles. The van der Waals surface area contributed by atoms with Crippen molar-refractivity contribution in [3.8, 4) is 5.75 Å². The number of hydrogen-bond acceptors (Lipinski definition) is 5. The number of aryl methyl sites for hydroxylation is 1. The molecule has 7 heteroatoms. The molecule has 0 aliphatic rings. The maximum absolute atomic E-state index is 12.1. The molecule has 0 spiro atoms. The Balaban J connectivity index is 1.91. The highest BCUT2D eigenvalue weighted by molar-refractivity contribution is 5.98. The fourth-order valence-corrected chi connectivity index (χ4v) is 2.26. The van der Waals surface area contributed by atoms with Gasteiger partial charge in [-0.25, -0.2) is 0 Å². The highest BCUT2D eigenvalue weighted by atomic mass is 16.5. The molecule has 0 aliphatic heterocycles. The van der Waals surface area contributed by atoms with Crippen LogP contribution in [0.2, 0.25) is 0 Å². The van der Waals surface area contributed by atoms with Crippen molar-refractivity contribution in [3.63, 3.8) is 0 Å². The van der Waals surface area contributed by atoms with Crippen molar-refractivity contribution in [3.05, 3.63) is 59.7 Å². The molecule has 0 heterocycles. The van der Waals surface area contributed by atoms with E-state index in [2.05, 4.69) is 15.4 Å². The molecule has 2 rings (SSSR count). The normalized spacial score (nSPS) is 10.0. The Kier molecular flexibility index (Phi) is 6.73. The van der Waals surface area contributed by atoms with Crippen LogP contribution in [-0.2, 0) is 20.7 Å². The molecule has 0 saturated heterocycles. The third kappa shape index (κ3) is 5.62. The lowest BCUT2D eigenvalue weighted by Gasteiger charge is -2.08. The molecule has 0 unspecified atom stereocenters. The van der Waals surface area contributed by atoms with Gasteiger partial charge in [-0.05, 0) is 36.2 Å². The van der Waals surface area contributed by atoms with E-state index in [0.717, 1.165) is 0 Å². The summed E-state index contributed by atoms with van der Waals surface area (Å²) in [5.74, 6) is -1.07. The molecule has 0 fully saturated rings. The van der Waals surface area contributed by atoms with Crippen LogP contribution in [0.15, 0.2) is 48.5 Å². The van der Waals surface area contributed by atoms with Gasteiger partial charge in [0.05, 0.1) is 7.11 Å². The Morgan fingerprint density at radius 2 is 1.85 bits per heavy atom. The summed E-state index contributed by atoms with van der Waals surface area (Å²) >= 11 is 0. The van der Waals surface area contributed by atoms with Gasteiger partial charge in [-0.1, -0.05) is 24.3 Å². The molecule has 0 aliphatic carbocycles. The quantitative estimate of drug-likeness (QED) is 0.657. The van der Waals surface area contributed by atoms with Crippen LogP contribution in [0.4, 0.5) is 5.69 Å². The molecular formula is C19H20N2O5. The lowest BCUT2D eigenvalue weighted by molar-refractivity contribution is -0.139. The van der Waals surface area contributed by atoms with Gasteiger partial charge < -0.3 is 20.5 Å². The first-order valence-electron chi connectivity index (χ1n) is 8.01. The second-order valence-electron chi connectivity index (χ2n) is 5.52. The summed E-state index contributed by atoms with van der Waals surface area (Å²) in [5.41, 5.74) is 1.48. The first-order valence-corrected chi connectivity index (χ1v) is 8.01. The van der Waals surface area contributed by atoms with Crippen molar-refractivity contribution in [2.45, 2.75) is 12.8 Å². The van der Waals surface area contributed by atoms with Crippen LogP contribution in [0.3, 0.4) is 0 Å². The topological polar surface area (TPSA) is 105 Å². The molecule has 0 bridgehead atoms. The Morgan fingerprint density at radius 1 is 1.08 bits per heavy atom. The zero-order valence-electron chi connectivity index (χ0n) is 14.3. The van der Waals surface area contributed by atoms with E-state index in [0.29, 0.717) is 23.2 Å². The number of methoxy groups -OCH3 is 1. The lowest BCUT2D eigenvalue weighted by Crippen LogP contribution is -2.30. The number of hydrogen-bond donors (Lipinski definition) is 3. The Labute approximate surface area is 151 Å². The largest absolute Gasteiger partial charge is 0.508 e. The van der Waals surface area contributed by atoms with Crippen molar-refractivity contribution in [2.75, 3.05) is 19.0 Å². The fraction of sp³-hybridized carbons (Fsp3) is 0.211. The van der Waals surface area contributed by atoms with E-state index in [-0.39, 0.29) is 24.6 Å². The van der Waals surface area contributed by atoms with Gasteiger partial charge in [0, 0.05) is 17.7 Å². The number of esters is 1. The van der Waals surface area contributed by atoms with Crippen molar-refractivity contribution in [1.29, 1.82) is 0 Å².